The number of anilines is 2. The first-order chi connectivity index (χ1) is 14.8. The number of nitrogens with one attached hydrogen (secondary N) is 1. The molecule has 1 fully saturated rings. The molecular formula is C23H31N5O3. The van der Waals surface area contributed by atoms with E-state index in [-0.39, 0.29) is 18.1 Å². The van der Waals surface area contributed by atoms with Gasteiger partial charge >= 0.3 is 6.09 Å². The first kappa shape index (κ1) is 21.4. The summed E-state index contributed by atoms with van der Waals surface area (Å²) in [6, 6.07) is 5.71. The van der Waals surface area contributed by atoms with Gasteiger partial charge in [0, 0.05) is 31.8 Å². The summed E-state index contributed by atoms with van der Waals surface area (Å²) in [4.78, 5) is 28.5. The van der Waals surface area contributed by atoms with E-state index >= 15 is 0 Å². The fourth-order valence-corrected chi connectivity index (χ4v) is 4.47. The number of hydrogen-bond acceptors (Lipinski definition) is 5. The Morgan fingerprint density at radius 3 is 2.74 bits per heavy atom. The summed E-state index contributed by atoms with van der Waals surface area (Å²) in [5.74, 6) is 0.555. The van der Waals surface area contributed by atoms with Crippen LogP contribution >= 0.6 is 0 Å². The second-order valence-electron chi connectivity index (χ2n) is 8.79. The molecule has 0 radical (unpaired) electrons. The van der Waals surface area contributed by atoms with Crippen molar-refractivity contribution in [2.45, 2.75) is 52.8 Å². The summed E-state index contributed by atoms with van der Waals surface area (Å²) in [5, 5.41) is 7.92. The standard InChI is InChI=1S/C23H31N5O3/c1-15(2)31-23(30)27-12-16(3)28(17(4)29)21-6-5-19(9-22(21)27)20-11-25-26(14-20)13-18-7-8-24-10-18/h5-6,9,11,14-16,18,24H,7-8,10,12-13H2,1-4H3/t16-,18+/m0/s1. The molecule has 2 aliphatic rings. The zero-order valence-corrected chi connectivity index (χ0v) is 18.7. The number of nitrogens with zero attached hydrogens (tertiary/aromatic N) is 4. The Morgan fingerprint density at radius 2 is 2.06 bits per heavy atom. The lowest BCUT2D eigenvalue weighted by molar-refractivity contribution is -0.117. The van der Waals surface area contributed by atoms with Crippen molar-refractivity contribution in [1.29, 1.82) is 0 Å². The van der Waals surface area contributed by atoms with Crippen LogP contribution in [-0.2, 0) is 16.1 Å². The van der Waals surface area contributed by atoms with Gasteiger partial charge in [-0.15, -0.1) is 0 Å². The minimum atomic E-state index is -0.395. The molecule has 2 amide bonds. The molecule has 1 aromatic heterocycles. The summed E-state index contributed by atoms with van der Waals surface area (Å²) in [6.07, 6.45) is 4.46. The van der Waals surface area contributed by atoms with Gasteiger partial charge in [-0.2, -0.15) is 5.10 Å². The third-order valence-electron chi connectivity index (χ3n) is 5.88. The normalized spacial score (nSPS) is 20.8. The molecule has 166 valence electrons. The minimum Gasteiger partial charge on any atom is -0.446 e. The second kappa shape index (κ2) is 8.70. The fraction of sp³-hybridized carbons (Fsp3) is 0.522. The zero-order chi connectivity index (χ0) is 22.1. The van der Waals surface area contributed by atoms with E-state index in [1.807, 2.05) is 56.0 Å². The van der Waals surface area contributed by atoms with E-state index < -0.39 is 6.09 Å². The van der Waals surface area contributed by atoms with Crippen LogP contribution in [-0.4, -0.2) is 53.6 Å². The molecule has 2 atom stereocenters. The van der Waals surface area contributed by atoms with Gasteiger partial charge < -0.3 is 15.0 Å². The Bertz CT molecular complexity index is 964. The molecule has 1 N–H and O–H groups in total. The van der Waals surface area contributed by atoms with Crippen LogP contribution in [0, 0.1) is 5.92 Å². The molecule has 4 rings (SSSR count). The van der Waals surface area contributed by atoms with Gasteiger partial charge in [0.2, 0.25) is 5.91 Å². The Labute approximate surface area is 183 Å². The zero-order valence-electron chi connectivity index (χ0n) is 18.7. The summed E-state index contributed by atoms with van der Waals surface area (Å²) >= 11 is 0. The van der Waals surface area contributed by atoms with Gasteiger partial charge in [0.05, 0.1) is 29.7 Å². The highest BCUT2D eigenvalue weighted by molar-refractivity contribution is 6.03. The average molecular weight is 426 g/mol. The first-order valence-electron chi connectivity index (χ1n) is 11.0. The van der Waals surface area contributed by atoms with E-state index in [4.69, 9.17) is 4.74 Å². The number of carbonyl (C=O) groups excluding carboxylic acids is 2. The number of carbonyl (C=O) groups is 2. The van der Waals surface area contributed by atoms with Gasteiger partial charge in [-0.25, -0.2) is 4.79 Å². The molecule has 8 heteroatoms. The van der Waals surface area contributed by atoms with Crippen molar-refractivity contribution in [3.63, 3.8) is 0 Å². The molecule has 31 heavy (non-hydrogen) atoms. The molecule has 0 bridgehead atoms. The van der Waals surface area contributed by atoms with Gasteiger partial charge in [0.1, 0.15) is 0 Å². The van der Waals surface area contributed by atoms with Gasteiger partial charge in [-0.1, -0.05) is 6.07 Å². The summed E-state index contributed by atoms with van der Waals surface area (Å²) < 4.78 is 7.46. The topological polar surface area (TPSA) is 79.7 Å². The maximum Gasteiger partial charge on any atom is 0.414 e. The number of aromatic nitrogens is 2. The highest BCUT2D eigenvalue weighted by Gasteiger charge is 2.35. The van der Waals surface area contributed by atoms with E-state index in [1.54, 1.807) is 16.7 Å². The van der Waals surface area contributed by atoms with Crippen LogP contribution in [0.1, 0.15) is 34.1 Å². The average Bonchev–Trinajstić information content (AvgIpc) is 3.38. The smallest absolute Gasteiger partial charge is 0.414 e. The van der Waals surface area contributed by atoms with Crippen LogP contribution in [0.15, 0.2) is 30.6 Å². The predicted octanol–water partition coefficient (Wildman–Crippen LogP) is 3.27. The molecule has 1 aromatic carbocycles. The van der Waals surface area contributed by atoms with Crippen LogP contribution in [0.2, 0.25) is 0 Å². The Kier molecular flexibility index (Phi) is 6.00. The van der Waals surface area contributed by atoms with Crippen LogP contribution in [0.3, 0.4) is 0 Å². The van der Waals surface area contributed by atoms with E-state index in [0.29, 0.717) is 18.2 Å². The molecule has 8 nitrogen and oxygen atoms in total. The molecule has 2 aromatic rings. The monoisotopic (exact) mass is 425 g/mol. The summed E-state index contributed by atoms with van der Waals surface area (Å²) in [5.41, 5.74) is 3.35. The van der Waals surface area contributed by atoms with Crippen molar-refractivity contribution in [2.75, 3.05) is 29.4 Å². The molecule has 3 heterocycles. The van der Waals surface area contributed by atoms with E-state index in [2.05, 4.69) is 10.4 Å². The third-order valence-corrected chi connectivity index (χ3v) is 5.88. The van der Waals surface area contributed by atoms with E-state index in [1.165, 1.54) is 6.42 Å². The number of hydrogen-bond donors (Lipinski definition) is 1. The maximum absolute atomic E-state index is 12.8. The molecule has 0 saturated carbocycles. The quantitative estimate of drug-likeness (QED) is 0.813. The Hall–Kier alpha value is -2.87. The van der Waals surface area contributed by atoms with Gasteiger partial charge in [-0.3, -0.25) is 14.4 Å². The number of rotatable bonds is 4. The first-order valence-corrected chi connectivity index (χ1v) is 11.0. The van der Waals surface area contributed by atoms with Crippen LogP contribution in [0.5, 0.6) is 0 Å². The van der Waals surface area contributed by atoms with E-state index in [0.717, 1.165) is 36.4 Å². The number of ether oxygens (including phenoxy) is 1. The van der Waals surface area contributed by atoms with Gasteiger partial charge in [0.15, 0.2) is 0 Å². The Balaban J connectivity index is 1.67. The minimum absolute atomic E-state index is 0.0450. The number of benzene rings is 1. The third kappa shape index (κ3) is 4.44. The van der Waals surface area contributed by atoms with Gasteiger partial charge in [0.25, 0.3) is 0 Å². The van der Waals surface area contributed by atoms with Crippen molar-refractivity contribution >= 4 is 23.4 Å². The molecule has 1 saturated heterocycles. The van der Waals surface area contributed by atoms with Gasteiger partial charge in [-0.05, 0) is 63.9 Å². The van der Waals surface area contributed by atoms with Crippen LogP contribution < -0.4 is 15.1 Å². The van der Waals surface area contributed by atoms with Crippen molar-refractivity contribution in [3.8, 4) is 11.1 Å². The predicted molar refractivity (Wildman–Crippen MR) is 120 cm³/mol. The van der Waals surface area contributed by atoms with Crippen molar-refractivity contribution < 1.29 is 14.3 Å². The lowest BCUT2D eigenvalue weighted by atomic mass is 10.0. The number of fused-ring (bicyclic) bond motifs is 1. The van der Waals surface area contributed by atoms with Crippen molar-refractivity contribution in [1.82, 2.24) is 15.1 Å². The van der Waals surface area contributed by atoms with Crippen LogP contribution in [0.4, 0.5) is 16.2 Å². The van der Waals surface area contributed by atoms with E-state index in [9.17, 15) is 9.59 Å². The second-order valence-corrected chi connectivity index (χ2v) is 8.79. The van der Waals surface area contributed by atoms with Crippen LogP contribution in [0.25, 0.3) is 11.1 Å². The molecule has 0 unspecified atom stereocenters. The maximum atomic E-state index is 12.8. The van der Waals surface area contributed by atoms with Crippen molar-refractivity contribution in [3.05, 3.63) is 30.6 Å². The molecular weight excluding hydrogens is 394 g/mol. The SMILES string of the molecule is CC(=O)N1c2ccc(-c3cnn(C[C@@H]4CCNC4)c3)cc2N(C(=O)OC(C)C)C[C@@H]1C. The lowest BCUT2D eigenvalue weighted by Gasteiger charge is -2.40. The highest BCUT2D eigenvalue weighted by atomic mass is 16.6. The lowest BCUT2D eigenvalue weighted by Crippen LogP contribution is -2.51. The summed E-state index contributed by atoms with van der Waals surface area (Å²) in [6.45, 7) is 10.5. The number of amides is 2. The van der Waals surface area contributed by atoms with Crippen molar-refractivity contribution in [2.24, 2.45) is 5.92 Å². The summed E-state index contributed by atoms with van der Waals surface area (Å²) in [7, 11) is 0. The highest BCUT2D eigenvalue weighted by Crippen LogP contribution is 2.39. The molecule has 0 aliphatic carbocycles. The largest absolute Gasteiger partial charge is 0.446 e. The Morgan fingerprint density at radius 1 is 1.26 bits per heavy atom. The molecule has 2 aliphatic heterocycles. The fourth-order valence-electron chi connectivity index (χ4n) is 4.47. The molecule has 0 spiro atoms.